The van der Waals surface area contributed by atoms with E-state index in [1.54, 1.807) is 0 Å². The monoisotopic (exact) mass is 421 g/mol. The normalized spacial score (nSPS) is 10.3. The van der Waals surface area contributed by atoms with Crippen molar-refractivity contribution in [3.8, 4) is 0 Å². The van der Waals surface area contributed by atoms with Crippen molar-refractivity contribution in [3.63, 3.8) is 0 Å². The van der Waals surface area contributed by atoms with Gasteiger partial charge in [-0.05, 0) is 42.7 Å². The Morgan fingerprint density at radius 1 is 1.16 bits per heavy atom. The van der Waals surface area contributed by atoms with Crippen LogP contribution in [0.3, 0.4) is 0 Å². The maximum Gasteiger partial charge on any atom is 0.316 e. The van der Waals surface area contributed by atoms with Crippen molar-refractivity contribution < 1.29 is 14.3 Å². The van der Waals surface area contributed by atoms with E-state index in [1.807, 2.05) is 55.5 Å². The van der Waals surface area contributed by atoms with E-state index in [2.05, 4.69) is 21.2 Å². The fraction of sp³-hybridized carbons (Fsp3) is 0.263. The number of nitrogens with one attached hydrogen (secondary N) is 1. The predicted octanol–water partition coefficient (Wildman–Crippen LogP) is 3.75. The third-order valence-electron chi connectivity index (χ3n) is 3.43. The molecule has 0 saturated heterocycles. The van der Waals surface area contributed by atoms with E-state index in [-0.39, 0.29) is 18.3 Å². The molecular weight excluding hydrogens is 402 g/mol. The number of thioether (sulfide) groups is 1. The lowest BCUT2D eigenvalue weighted by atomic mass is 10.1. The van der Waals surface area contributed by atoms with Gasteiger partial charge in [0, 0.05) is 15.9 Å². The molecule has 1 amide bonds. The molecule has 1 N–H and O–H groups in total. The van der Waals surface area contributed by atoms with Crippen molar-refractivity contribution in [1.82, 2.24) is 5.32 Å². The number of esters is 1. The smallest absolute Gasteiger partial charge is 0.316 e. The van der Waals surface area contributed by atoms with Crippen molar-refractivity contribution in [1.29, 1.82) is 0 Å². The van der Waals surface area contributed by atoms with E-state index < -0.39 is 5.97 Å². The average molecular weight is 422 g/mol. The molecule has 0 aliphatic carbocycles. The maximum absolute atomic E-state index is 11.8. The minimum Gasteiger partial charge on any atom is -0.455 e. The van der Waals surface area contributed by atoms with Crippen LogP contribution in [0.5, 0.6) is 0 Å². The van der Waals surface area contributed by atoms with Crippen LogP contribution in [0.15, 0.2) is 57.9 Å². The zero-order valence-corrected chi connectivity index (χ0v) is 16.4. The zero-order valence-electron chi connectivity index (χ0n) is 14.0. The summed E-state index contributed by atoms with van der Waals surface area (Å²) in [6.07, 6.45) is 0.749. The van der Waals surface area contributed by atoms with Crippen LogP contribution in [0.25, 0.3) is 0 Å². The Morgan fingerprint density at radius 3 is 2.64 bits per heavy atom. The van der Waals surface area contributed by atoms with Crippen LogP contribution < -0.4 is 5.32 Å². The highest BCUT2D eigenvalue weighted by molar-refractivity contribution is 9.10. The van der Waals surface area contributed by atoms with E-state index in [0.29, 0.717) is 6.54 Å². The first-order valence-electron chi connectivity index (χ1n) is 7.90. The third-order valence-corrected chi connectivity index (χ3v) is 5.07. The molecule has 25 heavy (non-hydrogen) atoms. The first kappa shape index (κ1) is 19.5. The number of hydrogen-bond donors (Lipinski definition) is 1. The van der Waals surface area contributed by atoms with Crippen molar-refractivity contribution in [2.24, 2.45) is 0 Å². The van der Waals surface area contributed by atoms with Crippen LogP contribution in [0.1, 0.15) is 11.1 Å². The van der Waals surface area contributed by atoms with E-state index in [4.69, 9.17) is 4.74 Å². The number of halogens is 1. The number of aryl methyl sites for hydroxylation is 1. The van der Waals surface area contributed by atoms with Gasteiger partial charge in [0.05, 0.1) is 5.75 Å². The predicted molar refractivity (Wildman–Crippen MR) is 104 cm³/mol. The number of benzene rings is 2. The standard InChI is InChI=1S/C19H20BrNO3S/c1-14-11-16(20)7-8-17(14)25-13-19(23)24-12-18(22)21-10-9-15-5-3-2-4-6-15/h2-8,11H,9-10,12-13H2,1H3,(H,21,22). The van der Waals surface area contributed by atoms with E-state index in [0.717, 1.165) is 26.9 Å². The van der Waals surface area contributed by atoms with Gasteiger partial charge in [-0.15, -0.1) is 11.8 Å². The highest BCUT2D eigenvalue weighted by atomic mass is 79.9. The fourth-order valence-corrected chi connectivity index (χ4v) is 3.42. The summed E-state index contributed by atoms with van der Waals surface area (Å²) < 4.78 is 6.01. The van der Waals surface area contributed by atoms with Crippen molar-refractivity contribution in [3.05, 3.63) is 64.1 Å². The topological polar surface area (TPSA) is 55.4 Å². The first-order valence-corrected chi connectivity index (χ1v) is 9.67. The summed E-state index contributed by atoms with van der Waals surface area (Å²) in [5, 5.41) is 2.75. The molecule has 0 aliphatic rings. The summed E-state index contributed by atoms with van der Waals surface area (Å²) in [5.41, 5.74) is 2.24. The van der Waals surface area contributed by atoms with Gasteiger partial charge >= 0.3 is 5.97 Å². The van der Waals surface area contributed by atoms with Gasteiger partial charge in [-0.2, -0.15) is 0 Å². The lowest BCUT2D eigenvalue weighted by Gasteiger charge is -2.08. The number of ether oxygens (including phenoxy) is 1. The molecule has 0 radical (unpaired) electrons. The molecule has 0 aromatic heterocycles. The van der Waals surface area contributed by atoms with Gasteiger partial charge in [0.25, 0.3) is 5.91 Å². The Labute approximate surface area is 160 Å². The molecule has 6 heteroatoms. The number of hydrogen-bond acceptors (Lipinski definition) is 4. The van der Waals surface area contributed by atoms with Gasteiger partial charge in [0.1, 0.15) is 0 Å². The summed E-state index contributed by atoms with van der Waals surface area (Å²) in [7, 11) is 0. The van der Waals surface area contributed by atoms with Crippen molar-refractivity contribution in [2.45, 2.75) is 18.2 Å². The molecule has 2 aromatic carbocycles. The number of amides is 1. The summed E-state index contributed by atoms with van der Waals surface area (Å²) in [6.45, 7) is 2.26. The van der Waals surface area contributed by atoms with Gasteiger partial charge in [0.15, 0.2) is 6.61 Å². The van der Waals surface area contributed by atoms with Gasteiger partial charge < -0.3 is 10.1 Å². The van der Waals surface area contributed by atoms with Gasteiger partial charge in [-0.1, -0.05) is 46.3 Å². The molecule has 0 aliphatic heterocycles. The minimum absolute atomic E-state index is 0.180. The maximum atomic E-state index is 11.8. The Kier molecular flexibility index (Phi) is 8.01. The number of carbonyl (C=O) groups excluding carboxylic acids is 2. The molecule has 2 aromatic rings. The SMILES string of the molecule is Cc1cc(Br)ccc1SCC(=O)OCC(=O)NCCc1ccccc1. The van der Waals surface area contributed by atoms with Crippen LogP contribution >= 0.6 is 27.7 Å². The Hall–Kier alpha value is -1.79. The van der Waals surface area contributed by atoms with Crippen molar-refractivity contribution in [2.75, 3.05) is 18.9 Å². The summed E-state index contributed by atoms with van der Waals surface area (Å²) in [6, 6.07) is 15.8. The molecule has 132 valence electrons. The zero-order chi connectivity index (χ0) is 18.1. The lowest BCUT2D eigenvalue weighted by Crippen LogP contribution is -2.30. The van der Waals surface area contributed by atoms with E-state index in [1.165, 1.54) is 11.8 Å². The van der Waals surface area contributed by atoms with Gasteiger partial charge in [0.2, 0.25) is 0 Å². The van der Waals surface area contributed by atoms with Crippen LogP contribution in [-0.4, -0.2) is 30.8 Å². The highest BCUT2D eigenvalue weighted by Gasteiger charge is 2.09. The summed E-state index contributed by atoms with van der Waals surface area (Å²) in [4.78, 5) is 24.5. The molecule has 0 spiro atoms. The van der Waals surface area contributed by atoms with E-state index in [9.17, 15) is 9.59 Å². The first-order chi connectivity index (χ1) is 12.0. The van der Waals surface area contributed by atoms with Crippen LogP contribution in [-0.2, 0) is 20.7 Å². The molecule has 4 nitrogen and oxygen atoms in total. The molecule has 0 bridgehead atoms. The molecule has 0 heterocycles. The summed E-state index contributed by atoms with van der Waals surface area (Å²) >= 11 is 4.81. The Balaban J connectivity index is 1.63. The Bertz CT molecular complexity index is 722. The minimum atomic E-state index is -0.398. The largest absolute Gasteiger partial charge is 0.455 e. The van der Waals surface area contributed by atoms with Gasteiger partial charge in [-0.3, -0.25) is 9.59 Å². The van der Waals surface area contributed by atoms with Gasteiger partial charge in [-0.25, -0.2) is 0 Å². The second-order valence-corrected chi connectivity index (χ2v) is 7.38. The fourth-order valence-electron chi connectivity index (χ4n) is 2.14. The van der Waals surface area contributed by atoms with Crippen LogP contribution in [0.4, 0.5) is 0 Å². The quantitative estimate of drug-likeness (QED) is 0.520. The molecule has 0 atom stereocenters. The van der Waals surface area contributed by atoms with Crippen molar-refractivity contribution >= 4 is 39.6 Å². The second kappa shape index (κ2) is 10.3. The molecule has 0 unspecified atom stereocenters. The van der Waals surface area contributed by atoms with Crippen LogP contribution in [0.2, 0.25) is 0 Å². The molecule has 2 rings (SSSR count). The number of rotatable bonds is 8. The molecule has 0 saturated carbocycles. The van der Waals surface area contributed by atoms with Crippen LogP contribution in [0, 0.1) is 6.92 Å². The van der Waals surface area contributed by atoms with E-state index >= 15 is 0 Å². The Morgan fingerprint density at radius 2 is 1.92 bits per heavy atom. The highest BCUT2D eigenvalue weighted by Crippen LogP contribution is 2.25. The average Bonchev–Trinajstić information content (AvgIpc) is 2.60. The summed E-state index contributed by atoms with van der Waals surface area (Å²) in [5.74, 6) is -0.501. The molecular formula is C19H20BrNO3S. The lowest BCUT2D eigenvalue weighted by molar-refractivity contribution is -0.145. The second-order valence-electron chi connectivity index (χ2n) is 5.44. The number of carbonyl (C=O) groups is 2. The third kappa shape index (κ3) is 7.32. The molecule has 0 fully saturated rings.